The van der Waals surface area contributed by atoms with Crippen LogP contribution in [0.4, 0.5) is 8.78 Å². The summed E-state index contributed by atoms with van der Waals surface area (Å²) in [6.07, 6.45) is 1.51. The third-order valence-electron chi connectivity index (χ3n) is 2.33. The zero-order chi connectivity index (χ0) is 10.3. The fraction of sp³-hybridized carbons (Fsp3) is 1.00. The van der Waals surface area contributed by atoms with E-state index in [1.807, 2.05) is 0 Å². The van der Waals surface area contributed by atoms with Crippen LogP contribution < -0.4 is 0 Å². The topological polar surface area (TPSA) is 43.4 Å². The third-order valence-corrected chi connectivity index (χ3v) is 2.88. The van der Waals surface area contributed by atoms with Gasteiger partial charge in [-0.15, -0.1) is 0 Å². The number of alkyl halides is 2. The van der Waals surface area contributed by atoms with Gasteiger partial charge in [0, 0.05) is 0 Å². The predicted octanol–water partition coefficient (Wildman–Crippen LogP) is 1.40. The molecule has 1 fully saturated rings. The van der Waals surface area contributed by atoms with Crippen LogP contribution in [0, 0.1) is 5.41 Å². The van der Waals surface area contributed by atoms with Gasteiger partial charge in [0.05, 0.1) is 18.3 Å². The lowest BCUT2D eigenvalue weighted by molar-refractivity contribution is -0.0697. The quantitative estimate of drug-likeness (QED) is 0.664. The Morgan fingerprint density at radius 1 is 1.46 bits per heavy atom. The van der Waals surface area contributed by atoms with Crippen LogP contribution in [0.3, 0.4) is 0 Å². The molecule has 0 heterocycles. The Hall–Kier alpha value is -0.230. The van der Waals surface area contributed by atoms with Gasteiger partial charge in [-0.2, -0.15) is 8.42 Å². The summed E-state index contributed by atoms with van der Waals surface area (Å²) in [6.45, 7) is 0.390. The molecule has 0 unspecified atom stereocenters. The number of hydrogen-bond acceptors (Lipinski definition) is 3. The molecule has 0 amide bonds. The van der Waals surface area contributed by atoms with Gasteiger partial charge in [0.1, 0.15) is 0 Å². The molecule has 0 aromatic rings. The van der Waals surface area contributed by atoms with Crippen molar-refractivity contribution in [1.29, 1.82) is 0 Å². The van der Waals surface area contributed by atoms with E-state index in [9.17, 15) is 17.2 Å². The lowest BCUT2D eigenvalue weighted by Gasteiger charge is -2.21. The van der Waals surface area contributed by atoms with Crippen molar-refractivity contribution < 1.29 is 21.4 Å². The molecule has 6 heteroatoms. The van der Waals surface area contributed by atoms with Crippen molar-refractivity contribution >= 4 is 10.1 Å². The fourth-order valence-electron chi connectivity index (χ4n) is 1.08. The summed E-state index contributed by atoms with van der Waals surface area (Å²) in [7, 11) is -3.61. The van der Waals surface area contributed by atoms with Crippen LogP contribution in [-0.4, -0.2) is 27.2 Å². The average Bonchev–Trinajstić information content (AvgIpc) is 2.58. The van der Waals surface area contributed by atoms with Crippen molar-refractivity contribution in [2.24, 2.45) is 5.41 Å². The maximum absolute atomic E-state index is 12.9. The Morgan fingerprint density at radius 3 is 2.15 bits per heavy atom. The molecule has 0 spiro atoms. The van der Waals surface area contributed by atoms with Crippen molar-refractivity contribution in [3.05, 3.63) is 0 Å². The molecule has 0 bridgehead atoms. The summed E-state index contributed by atoms with van der Waals surface area (Å²) in [5, 5.41) is 0. The molecule has 1 rings (SSSR count). The summed E-state index contributed by atoms with van der Waals surface area (Å²) in [6, 6.07) is 0. The maximum Gasteiger partial charge on any atom is 0.264 e. The van der Waals surface area contributed by atoms with Crippen molar-refractivity contribution in [2.75, 3.05) is 12.9 Å². The third kappa shape index (κ3) is 2.60. The molecule has 0 aromatic carbocycles. The zero-order valence-electron chi connectivity index (χ0n) is 7.51. The Balaban J connectivity index is 2.56. The first-order chi connectivity index (χ1) is 5.66. The molecule has 13 heavy (non-hydrogen) atoms. The van der Waals surface area contributed by atoms with E-state index in [1.165, 1.54) is 0 Å². The lowest BCUT2D eigenvalue weighted by atomic mass is 10.0. The van der Waals surface area contributed by atoms with Crippen LogP contribution >= 0.6 is 0 Å². The van der Waals surface area contributed by atoms with Crippen LogP contribution in [0.1, 0.15) is 19.8 Å². The van der Waals surface area contributed by atoms with Crippen molar-refractivity contribution in [1.82, 2.24) is 0 Å². The van der Waals surface area contributed by atoms with Crippen molar-refractivity contribution in [2.45, 2.75) is 25.7 Å². The Morgan fingerprint density at radius 2 is 1.92 bits per heavy atom. The average molecular weight is 214 g/mol. The van der Waals surface area contributed by atoms with E-state index in [0.29, 0.717) is 12.8 Å². The molecule has 1 aliphatic rings. The van der Waals surface area contributed by atoms with E-state index < -0.39 is 28.1 Å². The minimum absolute atomic E-state index is 0.325. The summed E-state index contributed by atoms with van der Waals surface area (Å²) in [4.78, 5) is 0. The molecule has 1 saturated carbocycles. The number of hydrogen-bond donors (Lipinski definition) is 0. The van der Waals surface area contributed by atoms with Gasteiger partial charge in [-0.1, -0.05) is 0 Å². The Kier molecular flexibility index (Phi) is 2.40. The normalized spacial score (nSPS) is 21.5. The molecule has 0 atom stereocenters. The van der Waals surface area contributed by atoms with Crippen LogP contribution in [-0.2, 0) is 14.3 Å². The minimum atomic E-state index is -3.61. The highest BCUT2D eigenvalue weighted by molar-refractivity contribution is 7.85. The Labute approximate surface area is 76.2 Å². The van der Waals surface area contributed by atoms with Crippen LogP contribution in [0.5, 0.6) is 0 Å². The van der Waals surface area contributed by atoms with E-state index in [1.54, 1.807) is 0 Å². The molecular formula is C7H12F2O3S. The lowest BCUT2D eigenvalue weighted by Crippen LogP contribution is -2.31. The van der Waals surface area contributed by atoms with E-state index in [0.717, 1.165) is 13.2 Å². The molecule has 78 valence electrons. The highest BCUT2D eigenvalue weighted by Crippen LogP contribution is 2.56. The molecule has 0 saturated heterocycles. The van der Waals surface area contributed by atoms with E-state index in [2.05, 4.69) is 4.18 Å². The summed E-state index contributed by atoms with van der Waals surface area (Å²) in [5.41, 5.74) is -1.24. The first-order valence-electron chi connectivity index (χ1n) is 3.89. The molecular weight excluding hydrogens is 202 g/mol. The van der Waals surface area contributed by atoms with Gasteiger partial charge in [0.15, 0.2) is 0 Å². The van der Waals surface area contributed by atoms with Crippen molar-refractivity contribution in [3.63, 3.8) is 0 Å². The van der Waals surface area contributed by atoms with Crippen LogP contribution in [0.15, 0.2) is 0 Å². The van der Waals surface area contributed by atoms with E-state index in [4.69, 9.17) is 0 Å². The first-order valence-corrected chi connectivity index (χ1v) is 5.70. The Bertz CT molecular complexity index is 287. The zero-order valence-corrected chi connectivity index (χ0v) is 8.33. The van der Waals surface area contributed by atoms with Gasteiger partial charge in [-0.3, -0.25) is 4.18 Å². The van der Waals surface area contributed by atoms with E-state index >= 15 is 0 Å². The smallest absolute Gasteiger partial charge is 0.264 e. The van der Waals surface area contributed by atoms with Crippen LogP contribution in [0.2, 0.25) is 0 Å². The molecule has 0 N–H and O–H groups in total. The van der Waals surface area contributed by atoms with Crippen molar-refractivity contribution in [3.8, 4) is 0 Å². The molecule has 0 aliphatic heterocycles. The summed E-state index contributed by atoms with van der Waals surface area (Å²) >= 11 is 0. The van der Waals surface area contributed by atoms with E-state index in [-0.39, 0.29) is 0 Å². The van der Waals surface area contributed by atoms with Gasteiger partial charge in [-0.05, 0) is 19.8 Å². The van der Waals surface area contributed by atoms with Gasteiger partial charge in [0.2, 0.25) is 0 Å². The highest BCUT2D eigenvalue weighted by atomic mass is 32.2. The van der Waals surface area contributed by atoms with Crippen LogP contribution in [0.25, 0.3) is 0 Å². The predicted molar refractivity (Wildman–Crippen MR) is 43.1 cm³/mol. The monoisotopic (exact) mass is 214 g/mol. The largest absolute Gasteiger partial charge is 0.269 e. The number of halogens is 2. The van der Waals surface area contributed by atoms with Gasteiger partial charge in [0.25, 0.3) is 16.0 Å². The van der Waals surface area contributed by atoms with Gasteiger partial charge in [-0.25, -0.2) is 8.78 Å². The van der Waals surface area contributed by atoms with Gasteiger partial charge >= 0.3 is 0 Å². The first kappa shape index (κ1) is 10.8. The SMILES string of the molecule is CC(F)(F)C1(COS(C)(=O)=O)CC1. The second-order valence-electron chi connectivity index (χ2n) is 3.64. The highest BCUT2D eigenvalue weighted by Gasteiger charge is 2.59. The second-order valence-corrected chi connectivity index (χ2v) is 5.28. The molecule has 1 aliphatic carbocycles. The second kappa shape index (κ2) is 2.88. The standard InChI is InChI=1S/C7H12F2O3S/c1-6(8,9)7(3-4-7)5-12-13(2,10)11/h3-5H2,1-2H3. The summed E-state index contributed by atoms with van der Waals surface area (Å²) in [5.74, 6) is -2.86. The fourth-order valence-corrected chi connectivity index (χ4v) is 1.52. The molecule has 0 radical (unpaired) electrons. The maximum atomic E-state index is 12.9. The van der Waals surface area contributed by atoms with Gasteiger partial charge < -0.3 is 0 Å². The molecule has 0 aromatic heterocycles. The minimum Gasteiger partial charge on any atom is -0.269 e. The number of rotatable bonds is 4. The molecule has 3 nitrogen and oxygen atoms in total. The summed E-state index contributed by atoms with van der Waals surface area (Å²) < 4.78 is 51.2.